The Kier molecular flexibility index (Phi) is 6.55. The minimum Gasteiger partial charge on any atom is -0.340 e. The maximum atomic E-state index is 12.9. The molecular formula is C25H32N6O4. The van der Waals surface area contributed by atoms with Gasteiger partial charge in [0.25, 0.3) is 5.91 Å². The number of carbonyl (C=O) groups excluding carboxylic acids is 3. The van der Waals surface area contributed by atoms with Crippen LogP contribution in [0.15, 0.2) is 28.8 Å². The topological polar surface area (TPSA) is 112 Å². The van der Waals surface area contributed by atoms with Gasteiger partial charge in [-0.05, 0) is 19.8 Å². The molecule has 3 aliphatic rings. The maximum absolute atomic E-state index is 12.9. The molecule has 3 heterocycles. The van der Waals surface area contributed by atoms with Crippen molar-refractivity contribution in [3.63, 3.8) is 0 Å². The summed E-state index contributed by atoms with van der Waals surface area (Å²) in [4.78, 5) is 47.8. The molecule has 1 aromatic heterocycles. The second-order valence-corrected chi connectivity index (χ2v) is 9.81. The molecule has 1 aliphatic carbocycles. The Hall–Kier alpha value is -3.27. The number of hydrogen-bond acceptors (Lipinski definition) is 7. The zero-order valence-corrected chi connectivity index (χ0v) is 20.2. The van der Waals surface area contributed by atoms with Gasteiger partial charge in [0.05, 0.1) is 6.54 Å². The average molecular weight is 481 g/mol. The highest BCUT2D eigenvalue weighted by Gasteiger charge is 2.51. The van der Waals surface area contributed by atoms with E-state index in [2.05, 4.69) is 20.4 Å². The van der Waals surface area contributed by atoms with Gasteiger partial charge in [-0.15, -0.1) is 0 Å². The molecule has 2 aliphatic heterocycles. The number of amides is 4. The second-order valence-electron chi connectivity index (χ2n) is 9.81. The number of carbonyl (C=O) groups is 3. The van der Waals surface area contributed by atoms with Crippen LogP contribution in [0.25, 0.3) is 11.4 Å². The number of hydrogen-bond donors (Lipinski definition) is 1. The standard InChI is InChI=1S/C25H32N6O4/c1-18-5-7-19(8-6-18)22-26-20(35-28-22)17-29-13-15-30(16-14-29)21(32)9-12-31-23(33)25(27-24(31)34)10-3-2-4-11-25/h5-8H,2-4,9-17H2,1H3,(H,27,34). The van der Waals surface area contributed by atoms with Gasteiger partial charge in [-0.1, -0.05) is 54.2 Å². The van der Waals surface area contributed by atoms with Crippen molar-refractivity contribution in [2.24, 2.45) is 0 Å². The molecule has 0 unspecified atom stereocenters. The Labute approximate surface area is 204 Å². The highest BCUT2D eigenvalue weighted by Crippen LogP contribution is 2.33. The molecule has 2 saturated heterocycles. The first-order chi connectivity index (χ1) is 16.9. The minimum absolute atomic E-state index is 0.0331. The van der Waals surface area contributed by atoms with E-state index in [1.807, 2.05) is 31.2 Å². The fourth-order valence-electron chi connectivity index (χ4n) is 5.22. The molecule has 186 valence electrons. The van der Waals surface area contributed by atoms with Crippen LogP contribution in [-0.4, -0.2) is 80.9 Å². The largest absolute Gasteiger partial charge is 0.340 e. The molecule has 0 radical (unpaired) electrons. The summed E-state index contributed by atoms with van der Waals surface area (Å²) < 4.78 is 5.43. The van der Waals surface area contributed by atoms with Crippen LogP contribution in [0.1, 0.15) is 50.0 Å². The van der Waals surface area contributed by atoms with Crippen LogP contribution in [0.2, 0.25) is 0 Å². The monoisotopic (exact) mass is 480 g/mol. The quantitative estimate of drug-likeness (QED) is 0.632. The van der Waals surface area contributed by atoms with Gasteiger partial charge in [-0.2, -0.15) is 4.98 Å². The highest BCUT2D eigenvalue weighted by atomic mass is 16.5. The zero-order chi connectivity index (χ0) is 24.4. The molecule has 1 aromatic carbocycles. The third-order valence-corrected chi connectivity index (χ3v) is 7.36. The number of urea groups is 1. The maximum Gasteiger partial charge on any atom is 0.325 e. The highest BCUT2D eigenvalue weighted by molar-refractivity contribution is 6.07. The van der Waals surface area contributed by atoms with Crippen molar-refractivity contribution < 1.29 is 18.9 Å². The van der Waals surface area contributed by atoms with E-state index in [1.165, 1.54) is 10.5 Å². The number of aromatic nitrogens is 2. The summed E-state index contributed by atoms with van der Waals surface area (Å²) in [6.07, 6.45) is 4.52. The number of benzene rings is 1. The number of imide groups is 1. The summed E-state index contributed by atoms with van der Waals surface area (Å²) >= 11 is 0. The lowest BCUT2D eigenvalue weighted by Gasteiger charge is -2.34. The summed E-state index contributed by atoms with van der Waals surface area (Å²) in [7, 11) is 0. The third kappa shape index (κ3) is 4.93. The first-order valence-electron chi connectivity index (χ1n) is 12.5. The fourth-order valence-corrected chi connectivity index (χ4v) is 5.22. The summed E-state index contributed by atoms with van der Waals surface area (Å²) in [5.41, 5.74) is 1.35. The van der Waals surface area contributed by atoms with E-state index in [0.29, 0.717) is 57.3 Å². The Balaban J connectivity index is 1.08. The first-order valence-corrected chi connectivity index (χ1v) is 12.5. The lowest BCUT2D eigenvalue weighted by Crippen LogP contribution is -2.49. The Morgan fingerprint density at radius 1 is 1.06 bits per heavy atom. The van der Waals surface area contributed by atoms with E-state index < -0.39 is 5.54 Å². The number of rotatable bonds is 6. The summed E-state index contributed by atoms with van der Waals surface area (Å²) in [6, 6.07) is 7.62. The van der Waals surface area contributed by atoms with Crippen molar-refractivity contribution in [2.45, 2.75) is 57.5 Å². The van der Waals surface area contributed by atoms with Crippen molar-refractivity contribution in [2.75, 3.05) is 32.7 Å². The minimum atomic E-state index is -0.738. The third-order valence-electron chi connectivity index (χ3n) is 7.36. The predicted octanol–water partition coefficient (Wildman–Crippen LogP) is 2.33. The van der Waals surface area contributed by atoms with Crippen molar-refractivity contribution in [1.29, 1.82) is 0 Å². The summed E-state index contributed by atoms with van der Waals surface area (Å²) in [5.74, 6) is 0.929. The molecule has 10 nitrogen and oxygen atoms in total. The molecule has 2 aromatic rings. The van der Waals surface area contributed by atoms with Crippen LogP contribution in [-0.2, 0) is 16.1 Å². The number of piperazine rings is 1. The molecular weight excluding hydrogens is 448 g/mol. The van der Waals surface area contributed by atoms with E-state index in [0.717, 1.165) is 24.8 Å². The average Bonchev–Trinajstić information content (AvgIpc) is 3.41. The molecule has 0 atom stereocenters. The molecule has 3 fully saturated rings. The smallest absolute Gasteiger partial charge is 0.325 e. The first kappa shape index (κ1) is 23.5. The van der Waals surface area contributed by atoms with Crippen molar-refractivity contribution in [3.8, 4) is 11.4 Å². The molecule has 4 amide bonds. The van der Waals surface area contributed by atoms with E-state index in [4.69, 9.17) is 4.52 Å². The van der Waals surface area contributed by atoms with Gasteiger partial charge < -0.3 is 14.7 Å². The van der Waals surface area contributed by atoms with E-state index in [-0.39, 0.29) is 30.8 Å². The Bertz CT molecular complexity index is 1080. The normalized spacial score (nSPS) is 20.5. The molecule has 35 heavy (non-hydrogen) atoms. The van der Waals surface area contributed by atoms with Gasteiger partial charge in [0.2, 0.25) is 17.6 Å². The van der Waals surface area contributed by atoms with E-state index >= 15 is 0 Å². The summed E-state index contributed by atoms with van der Waals surface area (Å²) in [5, 5.41) is 6.99. The van der Waals surface area contributed by atoms with Crippen LogP contribution in [0.4, 0.5) is 4.79 Å². The van der Waals surface area contributed by atoms with Gasteiger partial charge in [0.1, 0.15) is 5.54 Å². The van der Waals surface area contributed by atoms with E-state index in [9.17, 15) is 14.4 Å². The molecule has 1 saturated carbocycles. The van der Waals surface area contributed by atoms with Crippen molar-refractivity contribution >= 4 is 17.8 Å². The lowest BCUT2D eigenvalue weighted by molar-refractivity contribution is -0.135. The zero-order valence-electron chi connectivity index (χ0n) is 20.2. The van der Waals surface area contributed by atoms with Crippen LogP contribution < -0.4 is 5.32 Å². The van der Waals surface area contributed by atoms with Crippen LogP contribution in [0.3, 0.4) is 0 Å². The number of aryl methyl sites for hydroxylation is 1. The molecule has 5 rings (SSSR count). The van der Waals surface area contributed by atoms with E-state index in [1.54, 1.807) is 4.90 Å². The van der Waals surface area contributed by atoms with Gasteiger partial charge in [0, 0.05) is 44.7 Å². The molecule has 1 spiro atoms. The molecule has 1 N–H and O–H groups in total. The SMILES string of the molecule is Cc1ccc(-c2noc(CN3CCN(C(=O)CCN4C(=O)NC5(CCCCC5)C4=O)CC3)n2)cc1. The number of nitrogens with one attached hydrogen (secondary N) is 1. The van der Waals surface area contributed by atoms with Crippen LogP contribution in [0, 0.1) is 6.92 Å². The second kappa shape index (κ2) is 9.77. The van der Waals surface area contributed by atoms with Crippen molar-refractivity contribution in [3.05, 3.63) is 35.7 Å². The number of nitrogens with zero attached hydrogens (tertiary/aromatic N) is 5. The van der Waals surface area contributed by atoms with Gasteiger partial charge in [-0.3, -0.25) is 19.4 Å². The van der Waals surface area contributed by atoms with Gasteiger partial charge >= 0.3 is 6.03 Å². The predicted molar refractivity (Wildman–Crippen MR) is 127 cm³/mol. The van der Waals surface area contributed by atoms with Crippen LogP contribution >= 0.6 is 0 Å². The van der Waals surface area contributed by atoms with Crippen LogP contribution in [0.5, 0.6) is 0 Å². The lowest BCUT2D eigenvalue weighted by atomic mass is 9.82. The Morgan fingerprint density at radius 3 is 2.49 bits per heavy atom. The van der Waals surface area contributed by atoms with Gasteiger partial charge in [0.15, 0.2) is 0 Å². The molecule has 10 heteroatoms. The fraction of sp³-hybridized carbons (Fsp3) is 0.560. The molecule has 0 bridgehead atoms. The Morgan fingerprint density at radius 2 is 1.77 bits per heavy atom. The summed E-state index contributed by atoms with van der Waals surface area (Å²) in [6.45, 7) is 5.26. The van der Waals surface area contributed by atoms with Gasteiger partial charge in [-0.25, -0.2) is 4.79 Å². The van der Waals surface area contributed by atoms with Crippen molar-refractivity contribution in [1.82, 2.24) is 30.2 Å².